The second kappa shape index (κ2) is 6.27. The first-order valence-corrected chi connectivity index (χ1v) is 6.75. The van der Waals surface area contributed by atoms with Gasteiger partial charge in [0.05, 0.1) is 0 Å². The molecule has 6 nitrogen and oxygen atoms in total. The molecule has 0 aromatic carbocycles. The van der Waals surface area contributed by atoms with E-state index < -0.39 is 0 Å². The Hall–Kier alpha value is -2.24. The van der Waals surface area contributed by atoms with Gasteiger partial charge in [-0.05, 0) is 18.1 Å². The second-order valence-corrected chi connectivity index (χ2v) is 5.22. The Kier molecular flexibility index (Phi) is 4.45. The summed E-state index contributed by atoms with van der Waals surface area (Å²) in [6.45, 7) is 5.94. The van der Waals surface area contributed by atoms with Crippen molar-refractivity contribution in [3.8, 4) is 0 Å². The third-order valence-corrected chi connectivity index (χ3v) is 3.08. The van der Waals surface area contributed by atoms with Gasteiger partial charge in [-0.15, -0.1) is 0 Å². The molecule has 2 rings (SSSR count). The number of oxime groups is 1. The highest BCUT2D eigenvalue weighted by Gasteiger charge is 2.12. The first-order chi connectivity index (χ1) is 9.61. The van der Waals surface area contributed by atoms with E-state index in [0.29, 0.717) is 18.9 Å². The van der Waals surface area contributed by atoms with Crippen LogP contribution in [0, 0.1) is 5.92 Å². The lowest BCUT2D eigenvalue weighted by Gasteiger charge is -2.27. The maximum absolute atomic E-state index is 8.67. The van der Waals surface area contributed by atoms with Crippen LogP contribution in [-0.2, 0) is 0 Å². The van der Waals surface area contributed by atoms with E-state index in [9.17, 15) is 0 Å². The number of amidine groups is 1. The lowest BCUT2D eigenvalue weighted by Crippen LogP contribution is -2.32. The third kappa shape index (κ3) is 3.20. The molecule has 0 unspecified atom stereocenters. The van der Waals surface area contributed by atoms with Crippen LogP contribution in [0.2, 0.25) is 0 Å². The van der Waals surface area contributed by atoms with Crippen LogP contribution in [-0.4, -0.2) is 33.5 Å². The summed E-state index contributed by atoms with van der Waals surface area (Å²) >= 11 is 0. The minimum Gasteiger partial charge on any atom is -0.409 e. The van der Waals surface area contributed by atoms with Crippen LogP contribution in [0.1, 0.15) is 20.3 Å². The number of imidazole rings is 1. The molecule has 0 radical (unpaired) electrons. The number of pyridine rings is 1. The topological polar surface area (TPSA) is 79.1 Å². The fourth-order valence-corrected chi connectivity index (χ4v) is 2.23. The van der Waals surface area contributed by atoms with Crippen molar-refractivity contribution in [2.45, 2.75) is 20.3 Å². The van der Waals surface area contributed by atoms with Gasteiger partial charge < -0.3 is 15.8 Å². The quantitative estimate of drug-likeness (QED) is 0.365. The molecular weight excluding hydrogens is 254 g/mol. The average Bonchev–Trinajstić information content (AvgIpc) is 2.90. The molecular formula is C14H21N5O. The van der Waals surface area contributed by atoms with Gasteiger partial charge in [-0.2, -0.15) is 0 Å². The number of rotatable bonds is 6. The van der Waals surface area contributed by atoms with Crippen molar-refractivity contribution in [1.29, 1.82) is 0 Å². The lowest BCUT2D eigenvalue weighted by molar-refractivity contribution is 0.317. The summed E-state index contributed by atoms with van der Waals surface area (Å²) in [5.41, 5.74) is 6.49. The number of hydrogen-bond donors (Lipinski definition) is 2. The Morgan fingerprint density at radius 1 is 1.50 bits per heavy atom. The van der Waals surface area contributed by atoms with E-state index >= 15 is 0 Å². The molecule has 0 aliphatic rings. The molecule has 108 valence electrons. The second-order valence-electron chi connectivity index (χ2n) is 5.22. The molecule has 0 saturated carbocycles. The highest BCUT2D eigenvalue weighted by molar-refractivity contribution is 5.80. The van der Waals surface area contributed by atoms with Crippen LogP contribution in [0.5, 0.6) is 0 Å². The van der Waals surface area contributed by atoms with Gasteiger partial charge in [0.15, 0.2) is 0 Å². The molecule has 2 aromatic heterocycles. The zero-order valence-electron chi connectivity index (χ0n) is 11.9. The standard InChI is InChI=1S/C14H21N5O/c1-11(2)10-18(8-6-12(15)17-20)14-5-3-4-13-16-7-9-19(13)14/h3-5,7,9,11,20H,6,8,10H2,1-2H3,(H2,15,17). The van der Waals surface area contributed by atoms with Crippen LogP contribution in [0.3, 0.4) is 0 Å². The van der Waals surface area contributed by atoms with E-state index in [2.05, 4.69) is 39.4 Å². The van der Waals surface area contributed by atoms with Crippen molar-refractivity contribution >= 4 is 17.3 Å². The molecule has 2 aromatic rings. The van der Waals surface area contributed by atoms with Crippen molar-refractivity contribution in [3.63, 3.8) is 0 Å². The summed E-state index contributed by atoms with van der Waals surface area (Å²) in [4.78, 5) is 6.53. The van der Waals surface area contributed by atoms with Crippen molar-refractivity contribution in [2.24, 2.45) is 16.8 Å². The van der Waals surface area contributed by atoms with Gasteiger partial charge in [-0.3, -0.25) is 4.40 Å². The van der Waals surface area contributed by atoms with Crippen molar-refractivity contribution in [3.05, 3.63) is 30.6 Å². The molecule has 6 heteroatoms. The summed E-state index contributed by atoms with van der Waals surface area (Å²) in [5.74, 6) is 1.83. The fraction of sp³-hybridized carbons (Fsp3) is 0.429. The highest BCUT2D eigenvalue weighted by Crippen LogP contribution is 2.18. The minimum atomic E-state index is 0.247. The number of aromatic nitrogens is 2. The molecule has 0 aliphatic carbocycles. The summed E-state index contributed by atoms with van der Waals surface area (Å²) in [6.07, 6.45) is 4.26. The molecule has 0 atom stereocenters. The number of fused-ring (bicyclic) bond motifs is 1. The van der Waals surface area contributed by atoms with Crippen molar-refractivity contribution in [2.75, 3.05) is 18.0 Å². The maximum Gasteiger partial charge on any atom is 0.140 e. The molecule has 0 saturated heterocycles. The van der Waals surface area contributed by atoms with Crippen LogP contribution in [0.15, 0.2) is 35.7 Å². The monoisotopic (exact) mass is 275 g/mol. The van der Waals surface area contributed by atoms with Crippen LogP contribution in [0.25, 0.3) is 5.65 Å². The Morgan fingerprint density at radius 2 is 2.30 bits per heavy atom. The van der Waals surface area contributed by atoms with E-state index in [4.69, 9.17) is 10.9 Å². The zero-order chi connectivity index (χ0) is 14.5. The SMILES string of the molecule is CC(C)CN(CC/C(N)=N/O)c1cccc2nccn12. The molecule has 0 aliphatic heterocycles. The minimum absolute atomic E-state index is 0.247. The number of nitrogens with zero attached hydrogens (tertiary/aromatic N) is 4. The molecule has 20 heavy (non-hydrogen) atoms. The van der Waals surface area contributed by atoms with E-state index in [0.717, 1.165) is 18.0 Å². The predicted octanol–water partition coefficient (Wildman–Crippen LogP) is 1.93. The van der Waals surface area contributed by atoms with Crippen LogP contribution >= 0.6 is 0 Å². The molecule has 0 fully saturated rings. The number of anilines is 1. The van der Waals surface area contributed by atoms with E-state index in [-0.39, 0.29) is 5.84 Å². The van der Waals surface area contributed by atoms with Crippen LogP contribution in [0.4, 0.5) is 5.82 Å². The third-order valence-electron chi connectivity index (χ3n) is 3.08. The van der Waals surface area contributed by atoms with E-state index in [1.54, 1.807) is 6.20 Å². The van der Waals surface area contributed by atoms with Gasteiger partial charge in [0, 0.05) is 31.9 Å². The van der Waals surface area contributed by atoms with Gasteiger partial charge in [0.2, 0.25) is 0 Å². The Balaban J connectivity index is 2.27. The Bertz CT molecular complexity index is 590. The summed E-state index contributed by atoms with van der Waals surface area (Å²) in [5, 5.41) is 11.7. The molecule has 0 bridgehead atoms. The maximum atomic E-state index is 8.67. The lowest BCUT2D eigenvalue weighted by atomic mass is 10.2. The predicted molar refractivity (Wildman–Crippen MR) is 80.3 cm³/mol. The molecule has 3 N–H and O–H groups in total. The first kappa shape index (κ1) is 14.2. The van der Waals surface area contributed by atoms with E-state index in [1.807, 2.05) is 18.3 Å². The summed E-state index contributed by atoms with van der Waals surface area (Å²) in [6, 6.07) is 6.03. The van der Waals surface area contributed by atoms with Gasteiger partial charge in [0.1, 0.15) is 17.3 Å². The molecule has 2 heterocycles. The van der Waals surface area contributed by atoms with E-state index in [1.165, 1.54) is 0 Å². The first-order valence-electron chi connectivity index (χ1n) is 6.75. The van der Waals surface area contributed by atoms with Gasteiger partial charge >= 0.3 is 0 Å². The fourth-order valence-electron chi connectivity index (χ4n) is 2.23. The van der Waals surface area contributed by atoms with Gasteiger partial charge in [0.25, 0.3) is 0 Å². The van der Waals surface area contributed by atoms with Crippen molar-refractivity contribution < 1.29 is 5.21 Å². The van der Waals surface area contributed by atoms with Crippen LogP contribution < -0.4 is 10.6 Å². The Labute approximate surface area is 118 Å². The molecule has 0 amide bonds. The average molecular weight is 275 g/mol. The molecule has 0 spiro atoms. The van der Waals surface area contributed by atoms with Gasteiger partial charge in [-0.1, -0.05) is 25.1 Å². The smallest absolute Gasteiger partial charge is 0.140 e. The summed E-state index contributed by atoms with van der Waals surface area (Å²) in [7, 11) is 0. The normalized spacial score (nSPS) is 12.2. The largest absolute Gasteiger partial charge is 0.409 e. The number of nitrogens with two attached hydrogens (primary N) is 1. The van der Waals surface area contributed by atoms with Gasteiger partial charge in [-0.25, -0.2) is 4.98 Å². The Morgan fingerprint density at radius 3 is 3.00 bits per heavy atom. The zero-order valence-corrected chi connectivity index (χ0v) is 11.9. The summed E-state index contributed by atoms with van der Waals surface area (Å²) < 4.78 is 2.05. The highest BCUT2D eigenvalue weighted by atomic mass is 16.4. The number of hydrogen-bond acceptors (Lipinski definition) is 4. The van der Waals surface area contributed by atoms with Crippen molar-refractivity contribution in [1.82, 2.24) is 9.38 Å².